The lowest BCUT2D eigenvalue weighted by molar-refractivity contribution is 0.0639. The highest BCUT2D eigenvalue weighted by Gasteiger charge is 2.32. The van der Waals surface area contributed by atoms with Crippen LogP contribution in [0.25, 0.3) is 0 Å². The van der Waals surface area contributed by atoms with Crippen LogP contribution in [0.4, 0.5) is 0 Å². The number of nitrogens with zero attached hydrogens (tertiary/aromatic N) is 1. The molecule has 0 aliphatic rings. The highest BCUT2D eigenvalue weighted by molar-refractivity contribution is 5.34. The van der Waals surface area contributed by atoms with E-state index in [4.69, 9.17) is 4.74 Å². The third kappa shape index (κ3) is 5.61. The molecule has 1 aromatic carbocycles. The van der Waals surface area contributed by atoms with Gasteiger partial charge < -0.3 is 4.74 Å². The van der Waals surface area contributed by atoms with Crippen molar-refractivity contribution in [3.63, 3.8) is 0 Å². The summed E-state index contributed by atoms with van der Waals surface area (Å²) in [5.74, 6) is 1.31. The predicted octanol–water partition coefficient (Wildman–Crippen LogP) is 5.63. The van der Waals surface area contributed by atoms with Crippen molar-refractivity contribution in [3.05, 3.63) is 35.4 Å². The fourth-order valence-electron chi connectivity index (χ4n) is 3.33. The molecule has 1 rings (SSSR count). The molecule has 0 bridgehead atoms. The van der Waals surface area contributed by atoms with Crippen molar-refractivity contribution < 1.29 is 4.74 Å². The van der Waals surface area contributed by atoms with E-state index in [1.54, 1.807) is 0 Å². The van der Waals surface area contributed by atoms with Crippen LogP contribution >= 0.6 is 0 Å². The van der Waals surface area contributed by atoms with Crippen LogP contribution in [0, 0.1) is 11.8 Å². The standard InChI is InChI=1S/C21H37NO/c1-9-23-18(6)19-12-10-11-13-20(19)21(7,8)22(14-16(2)3)15-17(4)5/h10-13,16-18H,9,14-15H2,1-8H3. The molecule has 1 aromatic rings. The molecule has 0 radical (unpaired) electrons. The smallest absolute Gasteiger partial charge is 0.0800 e. The van der Waals surface area contributed by atoms with Crippen LogP contribution in [0.2, 0.25) is 0 Å². The van der Waals surface area contributed by atoms with E-state index in [-0.39, 0.29) is 11.6 Å². The number of benzene rings is 1. The van der Waals surface area contributed by atoms with E-state index in [1.165, 1.54) is 11.1 Å². The van der Waals surface area contributed by atoms with Gasteiger partial charge in [-0.15, -0.1) is 0 Å². The summed E-state index contributed by atoms with van der Waals surface area (Å²) in [5, 5.41) is 0. The maximum atomic E-state index is 5.89. The summed E-state index contributed by atoms with van der Waals surface area (Å²) in [5.41, 5.74) is 2.70. The van der Waals surface area contributed by atoms with E-state index in [9.17, 15) is 0 Å². The minimum absolute atomic E-state index is 0.00348. The van der Waals surface area contributed by atoms with Gasteiger partial charge in [-0.3, -0.25) is 4.90 Å². The zero-order valence-electron chi connectivity index (χ0n) is 16.5. The Balaban J connectivity index is 3.22. The van der Waals surface area contributed by atoms with Gasteiger partial charge in [0.1, 0.15) is 0 Å². The number of hydrogen-bond acceptors (Lipinski definition) is 2. The van der Waals surface area contributed by atoms with Crippen molar-refractivity contribution in [3.8, 4) is 0 Å². The highest BCUT2D eigenvalue weighted by Crippen LogP contribution is 2.35. The Hall–Kier alpha value is -0.860. The van der Waals surface area contributed by atoms with Gasteiger partial charge in [-0.25, -0.2) is 0 Å². The van der Waals surface area contributed by atoms with Crippen molar-refractivity contribution >= 4 is 0 Å². The van der Waals surface area contributed by atoms with Gasteiger partial charge in [0, 0.05) is 25.2 Å². The van der Waals surface area contributed by atoms with Crippen molar-refractivity contribution in [2.24, 2.45) is 11.8 Å². The first-order chi connectivity index (χ1) is 10.7. The van der Waals surface area contributed by atoms with Gasteiger partial charge >= 0.3 is 0 Å². The largest absolute Gasteiger partial charge is 0.374 e. The average molecular weight is 320 g/mol. The van der Waals surface area contributed by atoms with E-state index >= 15 is 0 Å². The lowest BCUT2D eigenvalue weighted by atomic mass is 9.85. The van der Waals surface area contributed by atoms with Gasteiger partial charge in [-0.2, -0.15) is 0 Å². The van der Waals surface area contributed by atoms with Crippen LogP contribution in [-0.4, -0.2) is 24.6 Å². The summed E-state index contributed by atoms with van der Waals surface area (Å²) in [6, 6.07) is 8.78. The maximum absolute atomic E-state index is 5.89. The fourth-order valence-corrected chi connectivity index (χ4v) is 3.33. The molecule has 0 amide bonds. The number of ether oxygens (including phenoxy) is 1. The Labute approximate surface area is 144 Å². The Morgan fingerprint density at radius 2 is 1.48 bits per heavy atom. The lowest BCUT2D eigenvalue weighted by Gasteiger charge is -2.42. The van der Waals surface area contributed by atoms with Gasteiger partial charge in [-0.05, 0) is 50.7 Å². The van der Waals surface area contributed by atoms with Crippen LogP contribution < -0.4 is 0 Å². The fraction of sp³-hybridized carbons (Fsp3) is 0.714. The molecular weight excluding hydrogens is 282 g/mol. The molecule has 0 aromatic heterocycles. The number of rotatable bonds is 9. The molecule has 0 aliphatic heterocycles. The first-order valence-corrected chi connectivity index (χ1v) is 9.16. The van der Waals surface area contributed by atoms with Crippen molar-refractivity contribution in [2.45, 2.75) is 67.0 Å². The SMILES string of the molecule is CCOC(C)c1ccccc1C(C)(C)N(CC(C)C)CC(C)C. The Kier molecular flexibility index (Phi) is 7.76. The quantitative estimate of drug-likeness (QED) is 0.584. The van der Waals surface area contributed by atoms with Crippen molar-refractivity contribution in [1.29, 1.82) is 0 Å². The summed E-state index contributed by atoms with van der Waals surface area (Å²) in [6.07, 6.45) is 0.135. The summed E-state index contributed by atoms with van der Waals surface area (Å²) < 4.78 is 5.89. The summed E-state index contributed by atoms with van der Waals surface area (Å²) in [4.78, 5) is 2.64. The minimum Gasteiger partial charge on any atom is -0.374 e. The first kappa shape index (κ1) is 20.2. The van der Waals surface area contributed by atoms with E-state index in [1.807, 2.05) is 0 Å². The van der Waals surface area contributed by atoms with E-state index in [0.717, 1.165) is 19.7 Å². The average Bonchev–Trinajstić information content (AvgIpc) is 2.46. The Morgan fingerprint density at radius 3 is 1.96 bits per heavy atom. The normalized spacial score (nSPS) is 14.0. The van der Waals surface area contributed by atoms with Gasteiger partial charge in [0.25, 0.3) is 0 Å². The molecule has 2 nitrogen and oxygen atoms in total. The minimum atomic E-state index is -0.00348. The molecule has 0 heterocycles. The van der Waals surface area contributed by atoms with Crippen LogP contribution in [0.3, 0.4) is 0 Å². The van der Waals surface area contributed by atoms with Gasteiger partial charge in [-0.1, -0.05) is 52.0 Å². The molecule has 2 heteroatoms. The maximum Gasteiger partial charge on any atom is 0.0800 e. The molecule has 0 fully saturated rings. The summed E-state index contributed by atoms with van der Waals surface area (Å²) >= 11 is 0. The molecule has 0 saturated carbocycles. The monoisotopic (exact) mass is 319 g/mol. The molecule has 0 N–H and O–H groups in total. The second-order valence-electron chi connectivity index (χ2n) is 7.94. The lowest BCUT2D eigenvalue weighted by Crippen LogP contribution is -2.46. The second kappa shape index (κ2) is 8.84. The molecule has 0 aliphatic carbocycles. The van der Waals surface area contributed by atoms with E-state index in [2.05, 4.69) is 84.6 Å². The van der Waals surface area contributed by atoms with Gasteiger partial charge in [0.05, 0.1) is 6.10 Å². The second-order valence-corrected chi connectivity index (χ2v) is 7.94. The van der Waals surface area contributed by atoms with Crippen LogP contribution in [0.5, 0.6) is 0 Å². The van der Waals surface area contributed by atoms with Gasteiger partial charge in [0.15, 0.2) is 0 Å². The number of hydrogen-bond donors (Lipinski definition) is 0. The topological polar surface area (TPSA) is 12.5 Å². The molecule has 1 atom stereocenters. The third-order valence-corrected chi connectivity index (χ3v) is 4.44. The third-order valence-electron chi connectivity index (χ3n) is 4.44. The summed E-state index contributed by atoms with van der Waals surface area (Å²) in [6.45, 7) is 21.1. The zero-order valence-corrected chi connectivity index (χ0v) is 16.5. The van der Waals surface area contributed by atoms with Gasteiger partial charge in [0.2, 0.25) is 0 Å². The van der Waals surface area contributed by atoms with Crippen LogP contribution in [0.1, 0.15) is 72.6 Å². The van der Waals surface area contributed by atoms with Crippen molar-refractivity contribution in [1.82, 2.24) is 4.90 Å². The Bertz CT molecular complexity index is 455. The van der Waals surface area contributed by atoms with Crippen LogP contribution in [-0.2, 0) is 10.3 Å². The predicted molar refractivity (Wildman–Crippen MR) is 101 cm³/mol. The molecule has 23 heavy (non-hydrogen) atoms. The molecular formula is C21H37NO. The summed E-state index contributed by atoms with van der Waals surface area (Å²) in [7, 11) is 0. The first-order valence-electron chi connectivity index (χ1n) is 9.16. The van der Waals surface area contributed by atoms with Crippen molar-refractivity contribution in [2.75, 3.05) is 19.7 Å². The molecule has 1 unspecified atom stereocenters. The molecule has 0 saturated heterocycles. The zero-order chi connectivity index (χ0) is 17.6. The Morgan fingerprint density at radius 1 is 0.957 bits per heavy atom. The van der Waals surface area contributed by atoms with Crippen LogP contribution in [0.15, 0.2) is 24.3 Å². The highest BCUT2D eigenvalue weighted by atomic mass is 16.5. The molecule has 0 spiro atoms. The molecule has 132 valence electrons. The van der Waals surface area contributed by atoms with E-state index in [0.29, 0.717) is 11.8 Å². The van der Waals surface area contributed by atoms with E-state index < -0.39 is 0 Å².